The van der Waals surface area contributed by atoms with Crippen molar-refractivity contribution in [3.05, 3.63) is 123 Å². The lowest BCUT2D eigenvalue weighted by molar-refractivity contribution is -0.204. The standard InChI is InChI=1S/C34H23N3O8/c1-37(23-13-11-22(12-14-23)34-42-28(38)17-29(39)43-34)18-19-6-15-27-25(16-19)33(41)45-31(36-27)21-9-7-20(8-10-21)30-35-26-5-3-2-4-24(26)32(40)44-30/h2-16,34H,17-18H2,1H3. The summed E-state index contributed by atoms with van der Waals surface area (Å²) in [5.41, 5.74) is 3.46. The summed E-state index contributed by atoms with van der Waals surface area (Å²) in [6, 6.07) is 26.4. The molecule has 0 atom stereocenters. The first-order chi connectivity index (χ1) is 21.8. The molecule has 0 unspecified atom stereocenters. The van der Waals surface area contributed by atoms with Crippen LogP contribution in [0.1, 0.15) is 23.8 Å². The van der Waals surface area contributed by atoms with Gasteiger partial charge in [-0.25, -0.2) is 19.6 Å². The number of carbonyl (C=O) groups excluding carboxylic acids is 2. The summed E-state index contributed by atoms with van der Waals surface area (Å²) < 4.78 is 21.2. The zero-order valence-electron chi connectivity index (χ0n) is 23.8. The Morgan fingerprint density at radius 1 is 0.689 bits per heavy atom. The Labute approximate surface area is 254 Å². The Kier molecular flexibility index (Phi) is 6.89. The highest BCUT2D eigenvalue weighted by atomic mass is 16.7. The van der Waals surface area contributed by atoms with Crippen molar-refractivity contribution < 1.29 is 27.9 Å². The van der Waals surface area contributed by atoms with Gasteiger partial charge in [0.2, 0.25) is 11.8 Å². The van der Waals surface area contributed by atoms with Gasteiger partial charge in [-0.2, -0.15) is 0 Å². The van der Waals surface area contributed by atoms with Crippen molar-refractivity contribution in [2.75, 3.05) is 11.9 Å². The number of anilines is 1. The predicted molar refractivity (Wildman–Crippen MR) is 163 cm³/mol. The van der Waals surface area contributed by atoms with E-state index >= 15 is 0 Å². The molecule has 0 saturated carbocycles. The van der Waals surface area contributed by atoms with E-state index in [9.17, 15) is 19.2 Å². The van der Waals surface area contributed by atoms with E-state index in [1.54, 1.807) is 72.8 Å². The van der Waals surface area contributed by atoms with Crippen LogP contribution in [0, 0.1) is 0 Å². The van der Waals surface area contributed by atoms with Crippen LogP contribution < -0.4 is 16.2 Å². The maximum Gasteiger partial charge on any atom is 0.347 e. The molecule has 0 spiro atoms. The minimum Gasteiger partial charge on any atom is -0.420 e. The third-order valence-corrected chi connectivity index (χ3v) is 7.40. The summed E-state index contributed by atoms with van der Waals surface area (Å²) in [5.74, 6) is -0.898. The number of aromatic nitrogens is 2. The Hall–Kier alpha value is -6.10. The van der Waals surface area contributed by atoms with Gasteiger partial charge in [0.25, 0.3) is 6.29 Å². The monoisotopic (exact) mass is 601 g/mol. The van der Waals surface area contributed by atoms with Crippen molar-refractivity contribution in [3.8, 4) is 22.9 Å². The normalized spacial score (nSPS) is 13.5. The molecule has 45 heavy (non-hydrogen) atoms. The number of para-hydroxylation sites is 1. The van der Waals surface area contributed by atoms with Crippen molar-refractivity contribution in [1.29, 1.82) is 0 Å². The quantitative estimate of drug-likeness (QED) is 0.185. The maximum absolute atomic E-state index is 13.0. The fourth-order valence-corrected chi connectivity index (χ4v) is 5.09. The van der Waals surface area contributed by atoms with Crippen LogP contribution >= 0.6 is 0 Å². The summed E-state index contributed by atoms with van der Waals surface area (Å²) in [7, 11) is 1.89. The van der Waals surface area contributed by atoms with Crippen molar-refractivity contribution in [2.45, 2.75) is 19.3 Å². The summed E-state index contributed by atoms with van der Waals surface area (Å²) in [6.45, 7) is 0.476. The second kappa shape index (κ2) is 11.2. The molecule has 1 fully saturated rings. The number of fused-ring (bicyclic) bond motifs is 2. The average molecular weight is 602 g/mol. The van der Waals surface area contributed by atoms with E-state index in [0.29, 0.717) is 45.0 Å². The van der Waals surface area contributed by atoms with E-state index in [1.165, 1.54) is 0 Å². The first-order valence-corrected chi connectivity index (χ1v) is 14.0. The molecule has 0 amide bonds. The average Bonchev–Trinajstić information content (AvgIpc) is 3.04. The molecule has 0 aliphatic carbocycles. The largest absolute Gasteiger partial charge is 0.420 e. The minimum absolute atomic E-state index is 0.159. The molecule has 1 saturated heterocycles. The Bertz CT molecular complexity index is 2210. The van der Waals surface area contributed by atoms with Gasteiger partial charge in [-0.05, 0) is 78.4 Å². The number of hydrogen-bond acceptors (Lipinski definition) is 11. The number of cyclic esters (lactones) is 2. The highest BCUT2D eigenvalue weighted by Crippen LogP contribution is 2.28. The van der Waals surface area contributed by atoms with Crippen LogP contribution in [0.15, 0.2) is 109 Å². The van der Waals surface area contributed by atoms with Crippen LogP contribution in [0.25, 0.3) is 44.7 Å². The molecular weight excluding hydrogens is 578 g/mol. The van der Waals surface area contributed by atoms with E-state index in [4.69, 9.17) is 18.3 Å². The van der Waals surface area contributed by atoms with Gasteiger partial charge in [-0.15, -0.1) is 0 Å². The number of hydrogen-bond donors (Lipinski definition) is 0. The molecule has 4 aromatic carbocycles. The maximum atomic E-state index is 13.0. The molecule has 7 rings (SSSR count). The van der Waals surface area contributed by atoms with Gasteiger partial charge in [0, 0.05) is 36.0 Å². The number of esters is 2. The molecule has 0 radical (unpaired) electrons. The second-order valence-electron chi connectivity index (χ2n) is 10.5. The van der Waals surface area contributed by atoms with E-state index in [-0.39, 0.29) is 11.8 Å². The van der Waals surface area contributed by atoms with Crippen molar-refractivity contribution in [1.82, 2.24) is 9.97 Å². The van der Waals surface area contributed by atoms with Crippen LogP contribution in [0.2, 0.25) is 0 Å². The zero-order chi connectivity index (χ0) is 31.1. The SMILES string of the molecule is CN(Cc1ccc2nc(-c3ccc(-c4nc5ccccc5c(=O)o4)cc3)oc(=O)c2c1)c1ccc(C2OC(=O)CC(=O)O2)cc1. The molecule has 1 aliphatic heterocycles. The van der Waals surface area contributed by atoms with E-state index < -0.39 is 35.9 Å². The lowest BCUT2D eigenvalue weighted by Gasteiger charge is -2.24. The molecule has 0 bridgehead atoms. The molecule has 6 aromatic rings. The number of nitrogens with zero attached hydrogens (tertiary/aromatic N) is 3. The van der Waals surface area contributed by atoms with Gasteiger partial charge in [0.1, 0.15) is 6.42 Å². The zero-order valence-corrected chi connectivity index (χ0v) is 23.8. The Balaban J connectivity index is 1.08. The molecule has 11 nitrogen and oxygen atoms in total. The minimum atomic E-state index is -1.06. The number of rotatable bonds is 6. The highest BCUT2D eigenvalue weighted by Gasteiger charge is 2.29. The van der Waals surface area contributed by atoms with E-state index in [0.717, 1.165) is 11.3 Å². The molecule has 11 heteroatoms. The van der Waals surface area contributed by atoms with Crippen molar-refractivity contribution >= 4 is 39.4 Å². The molecule has 0 N–H and O–H groups in total. The molecule has 1 aliphatic rings. The van der Waals surface area contributed by atoms with Gasteiger partial charge in [0.05, 0.1) is 21.8 Å². The summed E-state index contributed by atoms with van der Waals surface area (Å²) >= 11 is 0. The van der Waals surface area contributed by atoms with Gasteiger partial charge >= 0.3 is 23.2 Å². The van der Waals surface area contributed by atoms with E-state index in [2.05, 4.69) is 9.97 Å². The number of carbonyl (C=O) groups is 2. The molecule has 222 valence electrons. The Morgan fingerprint density at radius 2 is 1.27 bits per heavy atom. The lowest BCUT2D eigenvalue weighted by atomic mass is 10.1. The van der Waals surface area contributed by atoms with Crippen LogP contribution in [0.5, 0.6) is 0 Å². The smallest absolute Gasteiger partial charge is 0.347 e. The van der Waals surface area contributed by atoms with Gasteiger partial charge in [-0.1, -0.05) is 18.2 Å². The second-order valence-corrected chi connectivity index (χ2v) is 10.5. The van der Waals surface area contributed by atoms with Crippen molar-refractivity contribution in [3.63, 3.8) is 0 Å². The molecular formula is C34H23N3O8. The lowest BCUT2D eigenvalue weighted by Crippen LogP contribution is -2.26. The van der Waals surface area contributed by atoms with Crippen LogP contribution in [-0.2, 0) is 25.6 Å². The Morgan fingerprint density at radius 3 is 1.91 bits per heavy atom. The summed E-state index contributed by atoms with van der Waals surface area (Å²) in [6.07, 6.45) is -1.45. The van der Waals surface area contributed by atoms with Crippen LogP contribution in [-0.4, -0.2) is 29.0 Å². The summed E-state index contributed by atoms with van der Waals surface area (Å²) in [4.78, 5) is 59.5. The fraction of sp³-hybridized carbons (Fsp3) is 0.118. The summed E-state index contributed by atoms with van der Waals surface area (Å²) in [5, 5.41) is 0.753. The van der Waals surface area contributed by atoms with Crippen molar-refractivity contribution in [2.24, 2.45) is 0 Å². The number of ether oxygens (including phenoxy) is 2. The first kappa shape index (κ1) is 27.7. The fourth-order valence-electron chi connectivity index (χ4n) is 5.09. The topological polar surface area (TPSA) is 142 Å². The third kappa shape index (κ3) is 5.54. The third-order valence-electron chi connectivity index (χ3n) is 7.40. The molecule has 2 aromatic heterocycles. The van der Waals surface area contributed by atoms with Gasteiger partial charge < -0.3 is 23.2 Å². The van der Waals surface area contributed by atoms with E-state index in [1.807, 2.05) is 30.1 Å². The molecule has 3 heterocycles. The number of benzene rings is 4. The predicted octanol–water partition coefficient (Wildman–Crippen LogP) is 5.15. The highest BCUT2D eigenvalue weighted by molar-refractivity contribution is 5.92. The first-order valence-electron chi connectivity index (χ1n) is 14.0. The van der Waals surface area contributed by atoms with Gasteiger partial charge in [0.15, 0.2) is 0 Å². The van der Waals surface area contributed by atoms with Crippen LogP contribution in [0.3, 0.4) is 0 Å². The van der Waals surface area contributed by atoms with Gasteiger partial charge in [-0.3, -0.25) is 9.59 Å². The van der Waals surface area contributed by atoms with Crippen LogP contribution in [0.4, 0.5) is 5.69 Å².